The molecule has 0 saturated carbocycles. The molecule has 1 rings (SSSR count). The normalized spacial score (nSPS) is 12.1. The molecule has 0 aliphatic carbocycles. The standard InChI is InChI=1S/C10H14ClFN2O2S.ClH/c1-10(2,6-13)14-17(15,16)9-4-7(11)3-8(12)5-9;/h3-5,14H,6,13H2,1-2H3;1H. The summed E-state index contributed by atoms with van der Waals surface area (Å²) in [7, 11) is -3.83. The van der Waals surface area contributed by atoms with Crippen LogP contribution in [0.15, 0.2) is 23.1 Å². The summed E-state index contributed by atoms with van der Waals surface area (Å²) in [5.74, 6) is -0.705. The van der Waals surface area contributed by atoms with Crippen molar-refractivity contribution in [1.29, 1.82) is 0 Å². The van der Waals surface area contributed by atoms with E-state index in [1.807, 2.05) is 0 Å². The van der Waals surface area contributed by atoms with Crippen LogP contribution in [0.25, 0.3) is 0 Å². The number of nitrogens with one attached hydrogen (secondary N) is 1. The summed E-state index contributed by atoms with van der Waals surface area (Å²) in [6.45, 7) is 3.38. The van der Waals surface area contributed by atoms with Crippen molar-refractivity contribution in [3.63, 3.8) is 0 Å². The van der Waals surface area contributed by atoms with Crippen LogP contribution < -0.4 is 10.5 Å². The molecule has 0 bridgehead atoms. The Morgan fingerprint density at radius 1 is 1.39 bits per heavy atom. The van der Waals surface area contributed by atoms with Crippen molar-refractivity contribution in [3.8, 4) is 0 Å². The van der Waals surface area contributed by atoms with Gasteiger partial charge in [-0.15, -0.1) is 12.4 Å². The molecule has 4 nitrogen and oxygen atoms in total. The van der Waals surface area contributed by atoms with Gasteiger partial charge in [0.15, 0.2) is 0 Å². The average Bonchev–Trinajstić information content (AvgIpc) is 2.14. The van der Waals surface area contributed by atoms with Crippen molar-refractivity contribution < 1.29 is 12.8 Å². The maximum Gasteiger partial charge on any atom is 0.241 e. The van der Waals surface area contributed by atoms with Crippen molar-refractivity contribution in [2.24, 2.45) is 5.73 Å². The number of halogens is 3. The quantitative estimate of drug-likeness (QED) is 0.891. The smallest absolute Gasteiger partial charge is 0.241 e. The molecular formula is C10H15Cl2FN2O2S. The predicted octanol–water partition coefficient (Wildman–Crippen LogP) is 1.92. The molecule has 0 saturated heterocycles. The van der Waals surface area contributed by atoms with Crippen molar-refractivity contribution in [2.45, 2.75) is 24.3 Å². The number of nitrogens with two attached hydrogens (primary N) is 1. The van der Waals surface area contributed by atoms with Gasteiger partial charge in [0, 0.05) is 17.1 Å². The second kappa shape index (κ2) is 6.16. The van der Waals surface area contributed by atoms with Crippen molar-refractivity contribution >= 4 is 34.0 Å². The third kappa shape index (κ3) is 4.70. The molecule has 0 aromatic heterocycles. The van der Waals surface area contributed by atoms with Gasteiger partial charge in [-0.25, -0.2) is 17.5 Å². The first-order chi connectivity index (χ1) is 7.66. The molecule has 3 N–H and O–H groups in total. The Morgan fingerprint density at radius 3 is 2.39 bits per heavy atom. The van der Waals surface area contributed by atoms with Gasteiger partial charge in [-0.05, 0) is 32.0 Å². The van der Waals surface area contributed by atoms with E-state index in [1.54, 1.807) is 13.8 Å². The number of hydrogen-bond donors (Lipinski definition) is 2. The Kier molecular flexibility index (Phi) is 6.03. The first-order valence-corrected chi connectivity index (χ1v) is 6.72. The number of hydrogen-bond acceptors (Lipinski definition) is 3. The fraction of sp³-hybridized carbons (Fsp3) is 0.400. The van der Waals surface area contributed by atoms with E-state index in [9.17, 15) is 12.8 Å². The van der Waals surface area contributed by atoms with Gasteiger partial charge in [0.2, 0.25) is 10.0 Å². The minimum Gasteiger partial charge on any atom is -0.329 e. The van der Waals surface area contributed by atoms with Crippen molar-refractivity contribution in [2.75, 3.05) is 6.54 Å². The molecule has 18 heavy (non-hydrogen) atoms. The summed E-state index contributed by atoms with van der Waals surface area (Å²) >= 11 is 5.60. The van der Waals surface area contributed by atoms with Gasteiger partial charge in [-0.2, -0.15) is 0 Å². The second-order valence-corrected chi connectivity index (χ2v) is 6.42. The largest absolute Gasteiger partial charge is 0.329 e. The zero-order valence-corrected chi connectivity index (χ0v) is 12.3. The van der Waals surface area contributed by atoms with Gasteiger partial charge in [-0.3, -0.25) is 0 Å². The third-order valence-corrected chi connectivity index (χ3v) is 3.96. The number of sulfonamides is 1. The fourth-order valence-electron chi connectivity index (χ4n) is 1.15. The van der Waals surface area contributed by atoms with E-state index >= 15 is 0 Å². The highest BCUT2D eigenvalue weighted by molar-refractivity contribution is 7.89. The van der Waals surface area contributed by atoms with Gasteiger partial charge in [0.05, 0.1) is 4.90 Å². The molecule has 1 aromatic carbocycles. The van der Waals surface area contributed by atoms with Crippen LogP contribution in [-0.4, -0.2) is 20.5 Å². The zero-order chi connectivity index (χ0) is 13.3. The first kappa shape index (κ1) is 17.6. The minimum absolute atomic E-state index is 0. The molecule has 8 heteroatoms. The average molecular weight is 317 g/mol. The summed E-state index contributed by atoms with van der Waals surface area (Å²) in [6, 6.07) is 3.12. The van der Waals surface area contributed by atoms with Gasteiger partial charge in [0.25, 0.3) is 0 Å². The van der Waals surface area contributed by atoms with Crippen LogP contribution in [0.3, 0.4) is 0 Å². The van der Waals surface area contributed by atoms with Crippen LogP contribution in [0.1, 0.15) is 13.8 Å². The van der Waals surface area contributed by atoms with Gasteiger partial charge in [-0.1, -0.05) is 11.6 Å². The lowest BCUT2D eigenvalue weighted by atomic mass is 10.1. The zero-order valence-electron chi connectivity index (χ0n) is 9.91. The Hall–Kier alpha value is -0.400. The molecule has 0 aliphatic rings. The maximum atomic E-state index is 13.1. The Balaban J connectivity index is 0.00000289. The summed E-state index contributed by atoms with van der Waals surface area (Å²) in [6.07, 6.45) is 0. The highest BCUT2D eigenvalue weighted by Crippen LogP contribution is 2.19. The lowest BCUT2D eigenvalue weighted by Gasteiger charge is -2.23. The second-order valence-electron chi connectivity index (χ2n) is 4.30. The lowest BCUT2D eigenvalue weighted by molar-refractivity contribution is 0.462. The molecule has 0 spiro atoms. The Labute approximate surface area is 117 Å². The minimum atomic E-state index is -3.83. The van der Waals surface area contributed by atoms with Crippen LogP contribution in [0.4, 0.5) is 4.39 Å². The predicted molar refractivity (Wildman–Crippen MR) is 72.1 cm³/mol. The van der Waals surface area contributed by atoms with Crippen LogP contribution in [0.5, 0.6) is 0 Å². The van der Waals surface area contributed by atoms with E-state index in [1.165, 1.54) is 6.07 Å². The Morgan fingerprint density at radius 2 is 1.94 bits per heavy atom. The number of rotatable bonds is 4. The summed E-state index contributed by atoms with van der Waals surface area (Å²) in [5, 5.41) is 0.0240. The molecule has 0 fully saturated rings. The van der Waals surface area contributed by atoms with Crippen molar-refractivity contribution in [3.05, 3.63) is 29.0 Å². The highest BCUT2D eigenvalue weighted by Gasteiger charge is 2.25. The van der Waals surface area contributed by atoms with Crippen molar-refractivity contribution in [1.82, 2.24) is 4.72 Å². The first-order valence-electron chi connectivity index (χ1n) is 4.86. The van der Waals surface area contributed by atoms with E-state index in [-0.39, 0.29) is 28.9 Å². The summed E-state index contributed by atoms with van der Waals surface area (Å²) in [4.78, 5) is -0.218. The van der Waals surface area contributed by atoms with E-state index in [0.29, 0.717) is 0 Å². The molecular weight excluding hydrogens is 302 g/mol. The van der Waals surface area contributed by atoms with Crippen LogP contribution >= 0.6 is 24.0 Å². The lowest BCUT2D eigenvalue weighted by Crippen LogP contribution is -2.48. The van der Waals surface area contributed by atoms with E-state index < -0.39 is 21.4 Å². The Bertz CT molecular complexity index is 500. The molecule has 0 heterocycles. The summed E-state index contributed by atoms with van der Waals surface area (Å²) < 4.78 is 39.3. The van der Waals surface area contributed by atoms with E-state index in [2.05, 4.69) is 4.72 Å². The molecule has 104 valence electrons. The van der Waals surface area contributed by atoms with Gasteiger partial charge < -0.3 is 5.73 Å². The SMILES string of the molecule is CC(C)(CN)NS(=O)(=O)c1cc(F)cc(Cl)c1.Cl. The molecule has 0 amide bonds. The fourth-order valence-corrected chi connectivity index (χ4v) is 2.91. The maximum absolute atomic E-state index is 13.1. The van der Waals surface area contributed by atoms with E-state index in [4.69, 9.17) is 17.3 Å². The third-order valence-electron chi connectivity index (χ3n) is 2.07. The van der Waals surface area contributed by atoms with Gasteiger partial charge >= 0.3 is 0 Å². The molecule has 1 aromatic rings. The monoisotopic (exact) mass is 316 g/mol. The van der Waals surface area contributed by atoms with Crippen LogP contribution in [0.2, 0.25) is 5.02 Å². The van der Waals surface area contributed by atoms with Crippen LogP contribution in [-0.2, 0) is 10.0 Å². The summed E-state index contributed by atoms with van der Waals surface area (Å²) in [5.41, 5.74) is 4.62. The highest BCUT2D eigenvalue weighted by atomic mass is 35.5. The molecule has 0 unspecified atom stereocenters. The molecule has 0 atom stereocenters. The van der Waals surface area contributed by atoms with Gasteiger partial charge in [0.1, 0.15) is 5.82 Å². The number of benzene rings is 1. The molecule has 0 radical (unpaired) electrons. The van der Waals surface area contributed by atoms with E-state index in [0.717, 1.165) is 12.1 Å². The molecule has 0 aliphatic heterocycles. The van der Waals surface area contributed by atoms with Crippen LogP contribution in [0, 0.1) is 5.82 Å². The topological polar surface area (TPSA) is 72.2 Å².